The normalized spacial score (nSPS) is 23.4. The quantitative estimate of drug-likeness (QED) is 0.809. The van der Waals surface area contributed by atoms with E-state index in [9.17, 15) is 9.59 Å². The first-order chi connectivity index (χ1) is 12.6. The Morgan fingerprint density at radius 2 is 1.78 bits per heavy atom. The average Bonchev–Trinajstić information content (AvgIpc) is 3.41. The summed E-state index contributed by atoms with van der Waals surface area (Å²) in [4.78, 5) is 28.9. The predicted octanol–water partition coefficient (Wildman–Crippen LogP) is 3.11. The molecule has 1 atom stereocenters. The van der Waals surface area contributed by atoms with Crippen molar-refractivity contribution in [2.75, 3.05) is 31.1 Å². The van der Waals surface area contributed by atoms with Crippen LogP contribution in [0.5, 0.6) is 0 Å². The lowest BCUT2D eigenvalue weighted by Gasteiger charge is -2.34. The lowest BCUT2D eigenvalue weighted by molar-refractivity contribution is -0.136. The van der Waals surface area contributed by atoms with E-state index in [0.29, 0.717) is 24.0 Å². The van der Waals surface area contributed by atoms with Crippen LogP contribution >= 0.6 is 24.0 Å². The van der Waals surface area contributed by atoms with Crippen molar-refractivity contribution in [2.45, 2.75) is 38.1 Å². The van der Waals surface area contributed by atoms with Gasteiger partial charge in [-0.05, 0) is 62.4 Å². The lowest BCUT2D eigenvalue weighted by atomic mass is 10.0. The van der Waals surface area contributed by atoms with Crippen LogP contribution in [0.15, 0.2) is 24.3 Å². The van der Waals surface area contributed by atoms with E-state index >= 15 is 0 Å². The first-order valence-corrected chi connectivity index (χ1v) is 10.1. The zero-order chi connectivity index (χ0) is 18.1. The van der Waals surface area contributed by atoms with E-state index in [1.807, 2.05) is 17.0 Å². The number of halogens is 2. The van der Waals surface area contributed by atoms with Gasteiger partial charge in [0.15, 0.2) is 0 Å². The molecule has 4 rings (SSSR count). The van der Waals surface area contributed by atoms with E-state index < -0.39 is 0 Å². The fourth-order valence-corrected chi connectivity index (χ4v) is 4.09. The second-order valence-electron chi connectivity index (χ2n) is 7.83. The van der Waals surface area contributed by atoms with Gasteiger partial charge in [-0.15, -0.1) is 12.4 Å². The summed E-state index contributed by atoms with van der Waals surface area (Å²) in [5.41, 5.74) is 0.817. The van der Waals surface area contributed by atoms with Crippen LogP contribution < -0.4 is 10.2 Å². The first kappa shape index (κ1) is 20.4. The molecule has 0 radical (unpaired) electrons. The summed E-state index contributed by atoms with van der Waals surface area (Å²) in [6.45, 7) is 3.20. The summed E-state index contributed by atoms with van der Waals surface area (Å²) in [5.74, 6) is 0.814. The third kappa shape index (κ3) is 4.95. The number of hydrogen-bond donors (Lipinski definition) is 1. The Balaban J connectivity index is 0.00000210. The van der Waals surface area contributed by atoms with Gasteiger partial charge in [-0.1, -0.05) is 11.6 Å². The number of benzene rings is 1. The second-order valence-corrected chi connectivity index (χ2v) is 8.27. The van der Waals surface area contributed by atoms with Crippen LogP contribution in [-0.4, -0.2) is 48.9 Å². The monoisotopic (exact) mass is 411 g/mol. The molecule has 3 fully saturated rings. The average molecular weight is 412 g/mol. The molecule has 1 aromatic rings. The van der Waals surface area contributed by atoms with Gasteiger partial charge in [0, 0.05) is 42.8 Å². The number of hydrogen-bond acceptors (Lipinski definition) is 3. The fourth-order valence-electron chi connectivity index (χ4n) is 3.96. The summed E-state index contributed by atoms with van der Waals surface area (Å²) in [6, 6.07) is 7.77. The molecule has 148 valence electrons. The van der Waals surface area contributed by atoms with Crippen LogP contribution in [0.25, 0.3) is 0 Å². The Morgan fingerprint density at radius 3 is 2.41 bits per heavy atom. The van der Waals surface area contributed by atoms with Gasteiger partial charge in [0.2, 0.25) is 11.8 Å². The van der Waals surface area contributed by atoms with Crippen molar-refractivity contribution in [2.24, 2.45) is 11.8 Å². The maximum absolute atomic E-state index is 12.9. The van der Waals surface area contributed by atoms with Crippen LogP contribution in [-0.2, 0) is 9.59 Å². The Kier molecular flexibility index (Phi) is 6.66. The van der Waals surface area contributed by atoms with Gasteiger partial charge in [-0.2, -0.15) is 0 Å². The van der Waals surface area contributed by atoms with Gasteiger partial charge < -0.3 is 15.1 Å². The fraction of sp³-hybridized carbons (Fsp3) is 0.600. The van der Waals surface area contributed by atoms with E-state index in [-0.39, 0.29) is 30.1 Å². The molecule has 2 aliphatic heterocycles. The Bertz CT molecular complexity index is 670. The van der Waals surface area contributed by atoms with Crippen LogP contribution in [0.4, 0.5) is 5.69 Å². The smallest absolute Gasteiger partial charge is 0.228 e. The van der Waals surface area contributed by atoms with Crippen LogP contribution in [0.1, 0.15) is 32.1 Å². The minimum Gasteiger partial charge on any atom is -0.342 e. The molecule has 0 bridgehead atoms. The molecule has 27 heavy (non-hydrogen) atoms. The van der Waals surface area contributed by atoms with Gasteiger partial charge in [0.25, 0.3) is 0 Å². The van der Waals surface area contributed by atoms with Gasteiger partial charge in [-0.3, -0.25) is 9.59 Å². The minimum atomic E-state index is -0.228. The Labute approximate surface area is 171 Å². The van der Waals surface area contributed by atoms with Gasteiger partial charge in [-0.25, -0.2) is 0 Å². The highest BCUT2D eigenvalue weighted by molar-refractivity contribution is 6.30. The van der Waals surface area contributed by atoms with Crippen LogP contribution in [0.2, 0.25) is 5.02 Å². The highest BCUT2D eigenvalue weighted by Gasteiger charge is 2.38. The number of amides is 2. The number of likely N-dealkylation sites (tertiary alicyclic amines) is 1. The number of piperidine rings is 1. The summed E-state index contributed by atoms with van der Waals surface area (Å²) in [5, 5.41) is 4.29. The summed E-state index contributed by atoms with van der Waals surface area (Å²) < 4.78 is 0. The number of rotatable bonds is 5. The van der Waals surface area contributed by atoms with Crippen molar-refractivity contribution in [1.82, 2.24) is 10.2 Å². The summed E-state index contributed by atoms with van der Waals surface area (Å²) in [7, 11) is 0. The molecule has 1 saturated carbocycles. The molecule has 3 aliphatic rings. The Hall–Kier alpha value is -1.30. The first-order valence-electron chi connectivity index (χ1n) is 9.68. The molecule has 1 N–H and O–H groups in total. The van der Waals surface area contributed by atoms with E-state index in [0.717, 1.165) is 44.1 Å². The molecule has 5 nitrogen and oxygen atoms in total. The van der Waals surface area contributed by atoms with E-state index in [4.69, 9.17) is 11.6 Å². The van der Waals surface area contributed by atoms with Crippen LogP contribution in [0.3, 0.4) is 0 Å². The second kappa shape index (κ2) is 8.80. The molecule has 2 amide bonds. The lowest BCUT2D eigenvalue weighted by Crippen LogP contribution is -2.47. The molecule has 1 unspecified atom stereocenters. The topological polar surface area (TPSA) is 52.7 Å². The number of anilines is 1. The van der Waals surface area contributed by atoms with E-state index in [1.165, 1.54) is 12.8 Å². The largest absolute Gasteiger partial charge is 0.342 e. The Morgan fingerprint density at radius 1 is 1.11 bits per heavy atom. The van der Waals surface area contributed by atoms with Gasteiger partial charge >= 0.3 is 0 Å². The number of nitrogens with zero attached hydrogens (tertiary/aromatic N) is 2. The third-order valence-corrected chi connectivity index (χ3v) is 6.06. The molecular formula is C20H27Cl2N3O2. The van der Waals surface area contributed by atoms with Crippen molar-refractivity contribution in [3.8, 4) is 0 Å². The third-order valence-electron chi connectivity index (χ3n) is 5.81. The maximum Gasteiger partial charge on any atom is 0.228 e. The standard InChI is InChI=1S/C20H26ClN3O2.ClH/c21-16-3-5-18(6-4-16)24-13-15(11-19(24)25)20(26)23-9-7-17(8-10-23)22-12-14-1-2-14;/h3-6,14-15,17,22H,1-2,7-13H2;1H. The zero-order valence-electron chi connectivity index (χ0n) is 15.4. The van der Waals surface area contributed by atoms with Gasteiger partial charge in [0.05, 0.1) is 5.92 Å². The number of carbonyl (C=O) groups excluding carboxylic acids is 2. The molecule has 1 aromatic carbocycles. The van der Waals surface area contributed by atoms with E-state index in [2.05, 4.69) is 5.32 Å². The minimum absolute atomic E-state index is 0. The molecule has 7 heteroatoms. The highest BCUT2D eigenvalue weighted by atomic mass is 35.5. The summed E-state index contributed by atoms with van der Waals surface area (Å²) >= 11 is 5.92. The number of carbonyl (C=O) groups is 2. The SMILES string of the molecule is Cl.O=C(C1CC(=O)N(c2ccc(Cl)cc2)C1)N1CCC(NCC2CC2)CC1. The maximum atomic E-state index is 12.9. The highest BCUT2D eigenvalue weighted by Crippen LogP contribution is 2.29. The predicted molar refractivity (Wildman–Crippen MR) is 109 cm³/mol. The summed E-state index contributed by atoms with van der Waals surface area (Å²) in [6.07, 6.45) is 5.07. The number of nitrogens with one attached hydrogen (secondary N) is 1. The van der Waals surface area contributed by atoms with Crippen molar-refractivity contribution < 1.29 is 9.59 Å². The zero-order valence-corrected chi connectivity index (χ0v) is 17.0. The van der Waals surface area contributed by atoms with Crippen molar-refractivity contribution in [1.29, 1.82) is 0 Å². The van der Waals surface area contributed by atoms with Crippen LogP contribution in [0, 0.1) is 11.8 Å². The van der Waals surface area contributed by atoms with Gasteiger partial charge in [0.1, 0.15) is 0 Å². The molecule has 0 aromatic heterocycles. The molecule has 2 heterocycles. The van der Waals surface area contributed by atoms with Crippen molar-refractivity contribution in [3.63, 3.8) is 0 Å². The molecule has 1 aliphatic carbocycles. The molecule has 0 spiro atoms. The van der Waals surface area contributed by atoms with Crippen molar-refractivity contribution in [3.05, 3.63) is 29.3 Å². The molecular weight excluding hydrogens is 385 g/mol. The van der Waals surface area contributed by atoms with Crippen molar-refractivity contribution >= 4 is 41.5 Å². The van der Waals surface area contributed by atoms with E-state index in [1.54, 1.807) is 17.0 Å². The molecule has 2 saturated heterocycles.